The highest BCUT2D eigenvalue weighted by molar-refractivity contribution is 5.86. The number of aliphatic carboxylic acids is 1. The first kappa shape index (κ1) is 15.9. The van der Waals surface area contributed by atoms with Crippen molar-refractivity contribution >= 4 is 11.9 Å². The maximum atomic E-state index is 12.2. The van der Waals surface area contributed by atoms with Crippen LogP contribution in [-0.4, -0.2) is 40.5 Å². The number of hydrogen-bond acceptors (Lipinski definition) is 3. The number of amides is 1. The molecular weight excluding hydrogens is 220 g/mol. The molecule has 0 aliphatic carbocycles. The van der Waals surface area contributed by atoms with E-state index in [2.05, 4.69) is 0 Å². The Morgan fingerprint density at radius 2 is 1.82 bits per heavy atom. The molecule has 1 unspecified atom stereocenters. The van der Waals surface area contributed by atoms with Crippen molar-refractivity contribution in [1.29, 1.82) is 0 Å². The molecule has 0 aromatic carbocycles. The molecule has 0 aromatic rings. The van der Waals surface area contributed by atoms with E-state index in [9.17, 15) is 9.59 Å². The van der Waals surface area contributed by atoms with Crippen molar-refractivity contribution in [1.82, 2.24) is 4.90 Å². The largest absolute Gasteiger partial charge is 0.480 e. The van der Waals surface area contributed by atoms with E-state index in [1.54, 1.807) is 0 Å². The van der Waals surface area contributed by atoms with Gasteiger partial charge in [0, 0.05) is 6.04 Å². The van der Waals surface area contributed by atoms with E-state index in [0.29, 0.717) is 6.42 Å². The monoisotopic (exact) mass is 244 g/mol. The first-order chi connectivity index (χ1) is 7.61. The second-order valence-corrected chi connectivity index (χ2v) is 5.46. The summed E-state index contributed by atoms with van der Waals surface area (Å²) in [6, 6.07) is -0.803. The quantitative estimate of drug-likeness (QED) is 0.757. The van der Waals surface area contributed by atoms with Gasteiger partial charge in [-0.3, -0.25) is 9.59 Å². The molecule has 1 amide bonds. The van der Waals surface area contributed by atoms with Gasteiger partial charge in [-0.25, -0.2) is 0 Å². The molecule has 0 rings (SSSR count). The number of carboxylic acids is 1. The van der Waals surface area contributed by atoms with Crippen LogP contribution in [-0.2, 0) is 9.59 Å². The first-order valence-electron chi connectivity index (χ1n) is 5.89. The first-order valence-corrected chi connectivity index (χ1v) is 5.89. The van der Waals surface area contributed by atoms with Gasteiger partial charge >= 0.3 is 5.97 Å². The van der Waals surface area contributed by atoms with E-state index >= 15 is 0 Å². The van der Waals surface area contributed by atoms with Crippen molar-refractivity contribution in [3.63, 3.8) is 0 Å². The normalized spacial score (nSPS) is 15.2. The van der Waals surface area contributed by atoms with Crippen LogP contribution in [0.2, 0.25) is 0 Å². The smallest absolute Gasteiger partial charge is 0.323 e. The van der Waals surface area contributed by atoms with Gasteiger partial charge in [0.1, 0.15) is 6.54 Å². The predicted octanol–water partition coefficient (Wildman–Crippen LogP) is 1.07. The fraction of sp³-hybridized carbons (Fsp3) is 0.833. The summed E-state index contributed by atoms with van der Waals surface area (Å²) in [5, 5.41) is 8.83. The summed E-state index contributed by atoms with van der Waals surface area (Å²) in [6.07, 6.45) is 0.704. The number of carbonyl (C=O) groups is 2. The lowest BCUT2D eigenvalue weighted by atomic mass is 9.86. The van der Waals surface area contributed by atoms with Crippen molar-refractivity contribution in [2.45, 2.75) is 53.1 Å². The molecule has 0 radical (unpaired) electrons. The van der Waals surface area contributed by atoms with E-state index in [1.165, 1.54) is 4.90 Å². The van der Waals surface area contributed by atoms with Gasteiger partial charge < -0.3 is 15.7 Å². The Hall–Kier alpha value is -1.10. The topological polar surface area (TPSA) is 83.6 Å². The van der Waals surface area contributed by atoms with Gasteiger partial charge in [0.15, 0.2) is 0 Å². The SMILES string of the molecule is CCC(C)N(CC(=O)O)C(=O)[C@@H](N)C(C)(C)C. The van der Waals surface area contributed by atoms with Crippen LogP contribution >= 0.6 is 0 Å². The van der Waals surface area contributed by atoms with Crippen molar-refractivity contribution in [2.24, 2.45) is 11.1 Å². The van der Waals surface area contributed by atoms with E-state index < -0.39 is 12.0 Å². The minimum Gasteiger partial charge on any atom is -0.480 e. The number of nitrogens with two attached hydrogens (primary N) is 1. The number of carbonyl (C=O) groups excluding carboxylic acids is 1. The summed E-state index contributed by atoms with van der Waals surface area (Å²) in [7, 11) is 0. The zero-order valence-corrected chi connectivity index (χ0v) is 11.4. The molecule has 3 N–H and O–H groups in total. The highest BCUT2D eigenvalue weighted by atomic mass is 16.4. The Morgan fingerprint density at radius 3 is 2.12 bits per heavy atom. The van der Waals surface area contributed by atoms with Gasteiger partial charge in [0.05, 0.1) is 6.04 Å². The van der Waals surface area contributed by atoms with Crippen LogP contribution in [0.3, 0.4) is 0 Å². The molecule has 5 nitrogen and oxygen atoms in total. The number of rotatable bonds is 5. The third-order valence-electron chi connectivity index (χ3n) is 2.91. The lowest BCUT2D eigenvalue weighted by Gasteiger charge is -2.34. The third-order valence-corrected chi connectivity index (χ3v) is 2.91. The Balaban J connectivity index is 4.93. The molecule has 0 saturated carbocycles. The lowest BCUT2D eigenvalue weighted by molar-refractivity contribution is -0.147. The van der Waals surface area contributed by atoms with Crippen LogP contribution in [0.4, 0.5) is 0 Å². The Labute approximate surface area is 103 Å². The fourth-order valence-electron chi connectivity index (χ4n) is 1.37. The fourth-order valence-corrected chi connectivity index (χ4v) is 1.37. The molecule has 0 fully saturated rings. The van der Waals surface area contributed by atoms with Gasteiger partial charge in [-0.1, -0.05) is 27.7 Å². The molecule has 0 aliphatic heterocycles. The van der Waals surface area contributed by atoms with E-state index in [-0.39, 0.29) is 23.9 Å². The molecule has 100 valence electrons. The van der Waals surface area contributed by atoms with Gasteiger partial charge in [0.2, 0.25) is 5.91 Å². The predicted molar refractivity (Wildman–Crippen MR) is 66.5 cm³/mol. The van der Waals surface area contributed by atoms with Gasteiger partial charge in [-0.05, 0) is 18.8 Å². The molecule has 0 saturated heterocycles. The molecule has 5 heteroatoms. The number of carboxylic acid groups (broad SMARTS) is 1. The summed E-state index contributed by atoms with van der Waals surface area (Å²) < 4.78 is 0. The molecule has 0 aliphatic rings. The minimum atomic E-state index is -1.01. The standard InChI is InChI=1S/C12H24N2O3/c1-6-8(2)14(7-9(15)16)11(17)10(13)12(3,4)5/h8,10H,6-7,13H2,1-5H3,(H,15,16)/t8?,10-/m1/s1. The average molecular weight is 244 g/mol. The Kier molecular flexibility index (Phi) is 5.61. The molecule has 17 heavy (non-hydrogen) atoms. The van der Waals surface area contributed by atoms with Gasteiger partial charge in [-0.15, -0.1) is 0 Å². The highest BCUT2D eigenvalue weighted by Crippen LogP contribution is 2.20. The summed E-state index contributed by atoms with van der Waals surface area (Å²) in [6.45, 7) is 9.05. The summed E-state index contributed by atoms with van der Waals surface area (Å²) in [5.74, 6) is -1.31. The Bertz CT molecular complexity index is 284. The van der Waals surface area contributed by atoms with E-state index in [0.717, 1.165) is 0 Å². The number of hydrogen-bond donors (Lipinski definition) is 2. The summed E-state index contributed by atoms with van der Waals surface area (Å²) >= 11 is 0. The molecule has 0 spiro atoms. The second kappa shape index (κ2) is 6.00. The van der Waals surface area contributed by atoms with Crippen molar-refractivity contribution in [3.8, 4) is 0 Å². The van der Waals surface area contributed by atoms with Crippen LogP contribution < -0.4 is 5.73 Å². The zero-order valence-electron chi connectivity index (χ0n) is 11.4. The molecule has 0 aromatic heterocycles. The van der Waals surface area contributed by atoms with E-state index in [4.69, 9.17) is 10.8 Å². The molecule has 0 bridgehead atoms. The molecule has 0 heterocycles. The van der Waals surface area contributed by atoms with Crippen molar-refractivity contribution in [2.75, 3.05) is 6.54 Å². The van der Waals surface area contributed by atoms with Crippen LogP contribution in [0, 0.1) is 5.41 Å². The summed E-state index contributed by atoms with van der Waals surface area (Å²) in [5.41, 5.74) is 5.51. The van der Waals surface area contributed by atoms with Crippen LogP contribution in [0.1, 0.15) is 41.0 Å². The van der Waals surface area contributed by atoms with Crippen LogP contribution in [0.25, 0.3) is 0 Å². The average Bonchev–Trinajstić information content (AvgIpc) is 2.21. The second-order valence-electron chi connectivity index (χ2n) is 5.46. The maximum absolute atomic E-state index is 12.2. The van der Waals surface area contributed by atoms with Gasteiger partial charge in [-0.2, -0.15) is 0 Å². The van der Waals surface area contributed by atoms with Crippen molar-refractivity contribution in [3.05, 3.63) is 0 Å². The van der Waals surface area contributed by atoms with E-state index in [1.807, 2.05) is 34.6 Å². The lowest BCUT2D eigenvalue weighted by Crippen LogP contribution is -2.54. The zero-order chi connectivity index (χ0) is 13.8. The van der Waals surface area contributed by atoms with Crippen LogP contribution in [0.15, 0.2) is 0 Å². The molecular formula is C12H24N2O3. The van der Waals surface area contributed by atoms with Gasteiger partial charge in [0.25, 0.3) is 0 Å². The van der Waals surface area contributed by atoms with Crippen LogP contribution in [0.5, 0.6) is 0 Å². The Morgan fingerprint density at radius 1 is 1.35 bits per heavy atom. The van der Waals surface area contributed by atoms with Crippen molar-refractivity contribution < 1.29 is 14.7 Å². The third kappa shape index (κ3) is 4.73. The maximum Gasteiger partial charge on any atom is 0.323 e. The number of nitrogens with zero attached hydrogens (tertiary/aromatic N) is 1. The summed E-state index contributed by atoms with van der Waals surface area (Å²) in [4.78, 5) is 24.3. The molecule has 2 atom stereocenters. The minimum absolute atomic E-state index is 0.119. The highest BCUT2D eigenvalue weighted by Gasteiger charge is 2.33.